The third kappa shape index (κ3) is 7.91. The van der Waals surface area contributed by atoms with Crippen molar-refractivity contribution in [2.45, 2.75) is 91.0 Å². The molecular formula is C25H38O6. The first-order chi connectivity index (χ1) is 14.7. The molecule has 2 fully saturated rings. The van der Waals surface area contributed by atoms with Crippen molar-refractivity contribution in [1.29, 1.82) is 0 Å². The first kappa shape index (κ1) is 25.3. The molecule has 174 valence electrons. The molecule has 6 nitrogen and oxygen atoms in total. The van der Waals surface area contributed by atoms with E-state index in [-0.39, 0.29) is 53.8 Å². The topological polar surface area (TPSA) is 78.9 Å². The minimum Gasteiger partial charge on any atom is -0.469 e. The highest BCUT2D eigenvalue weighted by atomic mass is 16.6. The van der Waals surface area contributed by atoms with E-state index < -0.39 is 0 Å². The van der Waals surface area contributed by atoms with Crippen LogP contribution < -0.4 is 0 Å². The summed E-state index contributed by atoms with van der Waals surface area (Å²) < 4.78 is 16.5. The lowest BCUT2D eigenvalue weighted by Crippen LogP contribution is -2.24. The molecule has 0 N–H and O–H groups in total. The number of hydrogen-bond acceptors (Lipinski definition) is 6. The molecule has 1 unspecified atom stereocenters. The quantitative estimate of drug-likeness (QED) is 0.205. The van der Waals surface area contributed by atoms with Gasteiger partial charge in [0.1, 0.15) is 6.10 Å². The van der Waals surface area contributed by atoms with E-state index in [9.17, 15) is 14.4 Å². The summed E-state index contributed by atoms with van der Waals surface area (Å²) in [6, 6.07) is 0. The zero-order valence-electron chi connectivity index (χ0n) is 19.6. The minimum absolute atomic E-state index is 0.00595. The van der Waals surface area contributed by atoms with E-state index in [0.29, 0.717) is 12.8 Å². The van der Waals surface area contributed by atoms with Crippen molar-refractivity contribution in [1.82, 2.24) is 0 Å². The van der Waals surface area contributed by atoms with Gasteiger partial charge in [-0.25, -0.2) is 0 Å². The molecule has 31 heavy (non-hydrogen) atoms. The summed E-state index contributed by atoms with van der Waals surface area (Å²) >= 11 is 0. The first-order valence-corrected chi connectivity index (χ1v) is 11.5. The summed E-state index contributed by atoms with van der Waals surface area (Å²) in [5, 5.41) is 0. The fourth-order valence-corrected chi connectivity index (χ4v) is 4.59. The lowest BCUT2D eigenvalue weighted by Gasteiger charge is -2.21. The second-order valence-electron chi connectivity index (χ2n) is 9.16. The van der Waals surface area contributed by atoms with Crippen LogP contribution in [0.3, 0.4) is 0 Å². The fourth-order valence-electron chi connectivity index (χ4n) is 4.59. The van der Waals surface area contributed by atoms with Crippen LogP contribution in [0.15, 0.2) is 23.8 Å². The van der Waals surface area contributed by atoms with E-state index in [1.54, 1.807) is 6.08 Å². The van der Waals surface area contributed by atoms with Crippen LogP contribution in [0.5, 0.6) is 0 Å². The number of rotatable bonds is 11. The molecule has 1 heterocycles. The highest BCUT2D eigenvalue weighted by Gasteiger charge is 2.49. The van der Waals surface area contributed by atoms with Crippen molar-refractivity contribution < 1.29 is 28.6 Å². The number of ketones is 1. The molecule has 0 aromatic heterocycles. The molecule has 6 atom stereocenters. The molecule has 6 heteroatoms. The zero-order chi connectivity index (χ0) is 23.0. The van der Waals surface area contributed by atoms with Gasteiger partial charge in [-0.3, -0.25) is 14.4 Å². The molecule has 0 aromatic carbocycles. The van der Waals surface area contributed by atoms with Crippen molar-refractivity contribution in [2.75, 3.05) is 7.11 Å². The Morgan fingerprint density at radius 3 is 2.52 bits per heavy atom. The molecule has 1 saturated carbocycles. The number of hydrogen-bond donors (Lipinski definition) is 0. The molecule has 0 spiro atoms. The molecule has 0 aromatic rings. The van der Waals surface area contributed by atoms with Crippen molar-refractivity contribution in [3.05, 3.63) is 23.8 Å². The first-order valence-electron chi connectivity index (χ1n) is 11.5. The van der Waals surface area contributed by atoms with Gasteiger partial charge in [-0.1, -0.05) is 31.1 Å². The number of methoxy groups -OCH3 is 1. The smallest absolute Gasteiger partial charge is 0.305 e. The molecular weight excluding hydrogens is 396 g/mol. The van der Waals surface area contributed by atoms with Crippen LogP contribution in [0.2, 0.25) is 0 Å². The summed E-state index contributed by atoms with van der Waals surface area (Å²) in [7, 11) is 1.41. The van der Waals surface area contributed by atoms with Crippen molar-refractivity contribution >= 4 is 17.7 Å². The third-order valence-corrected chi connectivity index (χ3v) is 6.32. The Balaban J connectivity index is 1.95. The Hall–Kier alpha value is -1.95. The van der Waals surface area contributed by atoms with Crippen molar-refractivity contribution in [3.8, 4) is 0 Å². The van der Waals surface area contributed by atoms with Gasteiger partial charge < -0.3 is 14.2 Å². The maximum absolute atomic E-state index is 12.6. The summed E-state index contributed by atoms with van der Waals surface area (Å²) in [5.41, 5.74) is 1.21. The molecule has 1 aliphatic heterocycles. The number of esters is 2. The number of ether oxygens (including phenoxy) is 3. The number of unbranched alkanes of at least 4 members (excludes halogenated alkanes) is 1. The fraction of sp³-hybridized carbons (Fsp3) is 0.720. The minimum atomic E-state index is -0.300. The summed E-state index contributed by atoms with van der Waals surface area (Å²) in [4.78, 5) is 35.4. The second kappa shape index (κ2) is 12.2. The Morgan fingerprint density at radius 2 is 1.87 bits per heavy atom. The van der Waals surface area contributed by atoms with Gasteiger partial charge in [0.2, 0.25) is 0 Å². The van der Waals surface area contributed by atoms with E-state index in [2.05, 4.69) is 10.8 Å². The molecule has 2 rings (SSSR count). The van der Waals surface area contributed by atoms with Crippen molar-refractivity contribution in [2.24, 2.45) is 17.8 Å². The zero-order valence-corrected chi connectivity index (χ0v) is 19.6. The van der Waals surface area contributed by atoms with Gasteiger partial charge in [0, 0.05) is 31.6 Å². The molecule has 1 aliphatic carbocycles. The Kier molecular flexibility index (Phi) is 9.94. The number of fused-ring (bicyclic) bond motifs is 1. The van der Waals surface area contributed by atoms with Gasteiger partial charge in [-0.15, -0.1) is 0 Å². The van der Waals surface area contributed by atoms with E-state index in [0.717, 1.165) is 32.1 Å². The second-order valence-corrected chi connectivity index (χ2v) is 9.16. The highest BCUT2D eigenvalue weighted by molar-refractivity contribution is 5.91. The maximum Gasteiger partial charge on any atom is 0.305 e. The molecule has 2 aliphatic rings. The summed E-state index contributed by atoms with van der Waals surface area (Å²) in [6.07, 6.45) is 11.0. The van der Waals surface area contributed by atoms with Crippen LogP contribution in [0, 0.1) is 17.8 Å². The van der Waals surface area contributed by atoms with Gasteiger partial charge in [-0.05, 0) is 51.5 Å². The SMILES string of the molecule is COC(=O)CCCC[C@H]1C[C@@H]2[C@@H](/C=C/C(=O)C(C)CC=C(C)C)[C@H](OC(C)=O)C[C@@H]2O1. The van der Waals surface area contributed by atoms with Crippen molar-refractivity contribution in [3.63, 3.8) is 0 Å². The van der Waals surface area contributed by atoms with E-state index >= 15 is 0 Å². The van der Waals surface area contributed by atoms with Crippen LogP contribution in [-0.2, 0) is 28.6 Å². The predicted octanol–water partition coefficient (Wildman–Crippen LogP) is 4.56. The normalized spacial score (nSPS) is 28.2. The van der Waals surface area contributed by atoms with E-state index in [1.165, 1.54) is 19.6 Å². The average molecular weight is 435 g/mol. The van der Waals surface area contributed by atoms with Crippen LogP contribution in [0.1, 0.15) is 72.6 Å². The molecule has 0 bridgehead atoms. The predicted molar refractivity (Wildman–Crippen MR) is 118 cm³/mol. The number of carbonyl (C=O) groups is 3. The lowest BCUT2D eigenvalue weighted by molar-refractivity contribution is -0.148. The van der Waals surface area contributed by atoms with Gasteiger partial charge in [0.25, 0.3) is 0 Å². The van der Waals surface area contributed by atoms with Gasteiger partial charge >= 0.3 is 11.9 Å². The molecule has 1 saturated heterocycles. The Labute approximate surface area is 186 Å². The summed E-state index contributed by atoms with van der Waals surface area (Å²) in [6.45, 7) is 7.42. The van der Waals surface area contributed by atoms with Crippen LogP contribution in [-0.4, -0.2) is 43.1 Å². The van der Waals surface area contributed by atoms with E-state index in [4.69, 9.17) is 9.47 Å². The molecule has 0 radical (unpaired) electrons. The lowest BCUT2D eigenvalue weighted by atomic mass is 9.88. The van der Waals surface area contributed by atoms with Gasteiger partial charge in [0.15, 0.2) is 5.78 Å². The van der Waals surface area contributed by atoms with Crippen LogP contribution in [0.4, 0.5) is 0 Å². The standard InChI is InChI=1S/C25H38O6/c1-16(2)10-11-17(3)22(27)13-12-20-21-14-19(8-6-7-9-25(28)29-5)31-24(21)15-23(20)30-18(4)26/h10,12-13,17,19-21,23-24H,6-9,11,14-15H2,1-5H3/b13-12+/t17?,19-,20+,21+,23+,24-/m0/s1. The number of carbonyl (C=O) groups excluding carboxylic acids is 3. The maximum atomic E-state index is 12.6. The van der Waals surface area contributed by atoms with E-state index in [1.807, 2.05) is 26.8 Å². The van der Waals surface area contributed by atoms with Gasteiger partial charge in [0.05, 0.1) is 19.3 Å². The monoisotopic (exact) mass is 434 g/mol. The Morgan fingerprint density at radius 1 is 1.13 bits per heavy atom. The van der Waals surface area contributed by atoms with Crippen LogP contribution >= 0.6 is 0 Å². The molecule has 0 amide bonds. The summed E-state index contributed by atoms with van der Waals surface area (Å²) in [5.74, 6) is -0.215. The average Bonchev–Trinajstić information content (AvgIpc) is 3.23. The number of allylic oxidation sites excluding steroid dienone is 3. The van der Waals surface area contributed by atoms with Gasteiger partial charge in [-0.2, -0.15) is 0 Å². The third-order valence-electron chi connectivity index (χ3n) is 6.32. The largest absolute Gasteiger partial charge is 0.469 e. The van der Waals surface area contributed by atoms with Crippen LogP contribution in [0.25, 0.3) is 0 Å². The highest BCUT2D eigenvalue weighted by Crippen LogP contribution is 2.46. The Bertz CT molecular complexity index is 690.